The second-order valence-electron chi connectivity index (χ2n) is 4.19. The third-order valence-electron chi connectivity index (χ3n) is 2.77. The van der Waals surface area contributed by atoms with Crippen molar-refractivity contribution in [2.75, 3.05) is 0 Å². The summed E-state index contributed by atoms with van der Waals surface area (Å²) in [7, 11) is 0. The van der Waals surface area contributed by atoms with Crippen molar-refractivity contribution in [1.29, 1.82) is 0 Å². The maximum atomic E-state index is 11.9. The fourth-order valence-electron chi connectivity index (χ4n) is 1.50. The Morgan fingerprint density at radius 2 is 2.39 bits per heavy atom. The van der Waals surface area contributed by atoms with Crippen LogP contribution in [0.5, 0.6) is 0 Å². The van der Waals surface area contributed by atoms with E-state index in [1.165, 1.54) is 0 Å². The molecule has 2 heterocycles. The third-order valence-corrected chi connectivity index (χ3v) is 2.77. The lowest BCUT2D eigenvalue weighted by Gasteiger charge is -2.09. The molecule has 94 valence electrons. The number of rotatable bonds is 4. The van der Waals surface area contributed by atoms with Crippen LogP contribution in [0.25, 0.3) is 11.3 Å². The molecule has 1 amide bonds. The fraction of sp³-hybridized carbons (Fsp3) is 0.308. The molecule has 2 aromatic rings. The first kappa shape index (κ1) is 12.3. The average molecular weight is 244 g/mol. The zero-order valence-electron chi connectivity index (χ0n) is 10.5. The van der Waals surface area contributed by atoms with E-state index in [0.717, 1.165) is 17.7 Å². The van der Waals surface area contributed by atoms with Crippen molar-refractivity contribution in [1.82, 2.24) is 20.5 Å². The summed E-state index contributed by atoms with van der Waals surface area (Å²) in [6, 6.07) is 5.62. The normalized spacial score (nSPS) is 12.1. The number of amides is 1. The van der Waals surface area contributed by atoms with E-state index in [1.807, 2.05) is 26.0 Å². The number of hydrogen-bond donors (Lipinski definition) is 2. The number of hydrogen-bond acceptors (Lipinski definition) is 3. The molecule has 0 saturated heterocycles. The van der Waals surface area contributed by atoms with Crippen molar-refractivity contribution in [3.8, 4) is 11.3 Å². The highest BCUT2D eigenvalue weighted by atomic mass is 16.2. The van der Waals surface area contributed by atoms with E-state index < -0.39 is 0 Å². The second-order valence-corrected chi connectivity index (χ2v) is 4.19. The van der Waals surface area contributed by atoms with Crippen LogP contribution in [0.2, 0.25) is 0 Å². The fourth-order valence-corrected chi connectivity index (χ4v) is 1.50. The first-order valence-corrected chi connectivity index (χ1v) is 5.97. The molecular weight excluding hydrogens is 228 g/mol. The summed E-state index contributed by atoms with van der Waals surface area (Å²) in [5.74, 6) is -0.132. The molecule has 2 aromatic heterocycles. The molecule has 0 spiro atoms. The number of nitrogens with one attached hydrogen (secondary N) is 2. The Kier molecular flexibility index (Phi) is 3.72. The van der Waals surface area contributed by atoms with Gasteiger partial charge in [0.2, 0.25) is 0 Å². The molecule has 0 aliphatic rings. The zero-order valence-corrected chi connectivity index (χ0v) is 10.5. The standard InChI is InChI=1S/C13H16N4O/c1-3-9(2)15-13(18)12-7-11(16-17-12)10-5-4-6-14-8-10/h4-9H,3H2,1-2H3,(H,15,18)(H,16,17). The van der Waals surface area contributed by atoms with Crippen molar-refractivity contribution in [2.45, 2.75) is 26.3 Å². The Morgan fingerprint density at radius 1 is 1.56 bits per heavy atom. The van der Waals surface area contributed by atoms with Crippen molar-refractivity contribution in [2.24, 2.45) is 0 Å². The van der Waals surface area contributed by atoms with Gasteiger partial charge >= 0.3 is 0 Å². The Labute approximate surface area is 106 Å². The van der Waals surface area contributed by atoms with Gasteiger partial charge in [-0.3, -0.25) is 14.9 Å². The van der Waals surface area contributed by atoms with Gasteiger partial charge in [-0.05, 0) is 31.5 Å². The monoisotopic (exact) mass is 244 g/mol. The SMILES string of the molecule is CCC(C)NC(=O)c1cc(-c2cccnc2)n[nH]1. The minimum absolute atomic E-state index is 0.132. The van der Waals surface area contributed by atoms with E-state index in [1.54, 1.807) is 18.5 Å². The maximum absolute atomic E-state index is 11.9. The van der Waals surface area contributed by atoms with Crippen LogP contribution in [-0.2, 0) is 0 Å². The van der Waals surface area contributed by atoms with E-state index >= 15 is 0 Å². The molecule has 5 heteroatoms. The van der Waals surface area contributed by atoms with Crippen LogP contribution < -0.4 is 5.32 Å². The minimum Gasteiger partial charge on any atom is -0.348 e. The van der Waals surface area contributed by atoms with Crippen LogP contribution in [0.15, 0.2) is 30.6 Å². The van der Waals surface area contributed by atoms with Crippen LogP contribution >= 0.6 is 0 Å². The van der Waals surface area contributed by atoms with Gasteiger partial charge in [0, 0.05) is 24.0 Å². The summed E-state index contributed by atoms with van der Waals surface area (Å²) >= 11 is 0. The summed E-state index contributed by atoms with van der Waals surface area (Å²) in [6.45, 7) is 4.00. The van der Waals surface area contributed by atoms with Gasteiger partial charge in [-0.2, -0.15) is 5.10 Å². The van der Waals surface area contributed by atoms with E-state index in [2.05, 4.69) is 20.5 Å². The van der Waals surface area contributed by atoms with Gasteiger partial charge in [0.25, 0.3) is 5.91 Å². The number of nitrogens with zero attached hydrogens (tertiary/aromatic N) is 2. The highest BCUT2D eigenvalue weighted by Gasteiger charge is 2.12. The van der Waals surface area contributed by atoms with E-state index in [-0.39, 0.29) is 11.9 Å². The molecule has 1 unspecified atom stereocenters. The number of carbonyl (C=O) groups excluding carboxylic acids is 1. The minimum atomic E-state index is -0.132. The molecule has 0 fully saturated rings. The number of aromatic amines is 1. The Morgan fingerprint density at radius 3 is 3.06 bits per heavy atom. The zero-order chi connectivity index (χ0) is 13.0. The maximum Gasteiger partial charge on any atom is 0.269 e. The van der Waals surface area contributed by atoms with Gasteiger partial charge in [-0.1, -0.05) is 6.92 Å². The first-order valence-electron chi connectivity index (χ1n) is 5.97. The third kappa shape index (κ3) is 2.74. The summed E-state index contributed by atoms with van der Waals surface area (Å²) in [5.41, 5.74) is 2.07. The van der Waals surface area contributed by atoms with Crippen LogP contribution in [0.4, 0.5) is 0 Å². The van der Waals surface area contributed by atoms with Gasteiger partial charge in [-0.25, -0.2) is 0 Å². The summed E-state index contributed by atoms with van der Waals surface area (Å²) < 4.78 is 0. The summed E-state index contributed by atoms with van der Waals surface area (Å²) in [4.78, 5) is 15.9. The predicted molar refractivity (Wildman–Crippen MR) is 69.0 cm³/mol. The quantitative estimate of drug-likeness (QED) is 0.864. The van der Waals surface area contributed by atoms with Gasteiger partial charge in [0.15, 0.2) is 0 Å². The number of aromatic nitrogens is 3. The number of H-pyrrole nitrogens is 1. The van der Waals surface area contributed by atoms with Crippen LogP contribution in [0.3, 0.4) is 0 Å². The summed E-state index contributed by atoms with van der Waals surface area (Å²) in [5, 5.41) is 9.74. The highest BCUT2D eigenvalue weighted by Crippen LogP contribution is 2.15. The van der Waals surface area contributed by atoms with Gasteiger partial charge in [0.05, 0.1) is 5.69 Å². The second kappa shape index (κ2) is 5.44. The smallest absolute Gasteiger partial charge is 0.269 e. The molecular formula is C13H16N4O. The molecule has 0 saturated carbocycles. The molecule has 0 aliphatic heterocycles. The van der Waals surface area contributed by atoms with E-state index in [9.17, 15) is 4.79 Å². The Bertz CT molecular complexity index is 521. The van der Waals surface area contributed by atoms with Crippen LogP contribution in [0.1, 0.15) is 30.8 Å². The molecule has 5 nitrogen and oxygen atoms in total. The predicted octanol–water partition coefficient (Wildman–Crippen LogP) is 2.00. The number of carbonyl (C=O) groups is 1. The molecule has 2 N–H and O–H groups in total. The Balaban J connectivity index is 2.13. The molecule has 0 aliphatic carbocycles. The lowest BCUT2D eigenvalue weighted by Crippen LogP contribution is -2.32. The van der Waals surface area contributed by atoms with Crippen molar-refractivity contribution in [3.63, 3.8) is 0 Å². The highest BCUT2D eigenvalue weighted by molar-refractivity contribution is 5.93. The van der Waals surface area contributed by atoms with Gasteiger partial charge in [-0.15, -0.1) is 0 Å². The van der Waals surface area contributed by atoms with Crippen LogP contribution in [0, 0.1) is 0 Å². The first-order chi connectivity index (χ1) is 8.70. The van der Waals surface area contributed by atoms with E-state index in [4.69, 9.17) is 0 Å². The topological polar surface area (TPSA) is 70.7 Å². The van der Waals surface area contributed by atoms with Crippen molar-refractivity contribution in [3.05, 3.63) is 36.3 Å². The van der Waals surface area contributed by atoms with Crippen molar-refractivity contribution < 1.29 is 4.79 Å². The summed E-state index contributed by atoms with van der Waals surface area (Å²) in [6.07, 6.45) is 4.31. The molecule has 0 bridgehead atoms. The molecule has 18 heavy (non-hydrogen) atoms. The van der Waals surface area contributed by atoms with Crippen LogP contribution in [-0.4, -0.2) is 27.1 Å². The van der Waals surface area contributed by atoms with E-state index in [0.29, 0.717) is 5.69 Å². The molecule has 0 radical (unpaired) electrons. The molecule has 0 aromatic carbocycles. The molecule has 2 rings (SSSR count). The van der Waals surface area contributed by atoms with Crippen molar-refractivity contribution >= 4 is 5.91 Å². The van der Waals surface area contributed by atoms with Gasteiger partial charge < -0.3 is 5.32 Å². The lowest BCUT2D eigenvalue weighted by molar-refractivity contribution is 0.0934. The average Bonchev–Trinajstić information content (AvgIpc) is 2.89. The largest absolute Gasteiger partial charge is 0.348 e. The van der Waals surface area contributed by atoms with Gasteiger partial charge in [0.1, 0.15) is 5.69 Å². The number of pyridine rings is 1. The lowest BCUT2D eigenvalue weighted by atomic mass is 10.2. The Hall–Kier alpha value is -2.17. The molecule has 1 atom stereocenters.